The molecule has 188 valence electrons. The van der Waals surface area contributed by atoms with Crippen LogP contribution in [0.5, 0.6) is 0 Å². The summed E-state index contributed by atoms with van der Waals surface area (Å²) in [6, 6.07) is 19.6. The molecule has 6 heteroatoms. The van der Waals surface area contributed by atoms with Crippen molar-refractivity contribution in [2.24, 2.45) is 0 Å². The Bertz CT molecular complexity index is 867. The van der Waals surface area contributed by atoms with Crippen molar-refractivity contribution in [3.05, 3.63) is 71.8 Å². The third-order valence-electron chi connectivity index (χ3n) is 6.59. The molecule has 2 aromatic carbocycles. The minimum atomic E-state index is -2.20. The molecule has 0 spiro atoms. The quantitative estimate of drug-likeness (QED) is 0.182. The number of carbonyl (C=O) groups is 1. The summed E-state index contributed by atoms with van der Waals surface area (Å²) < 4.78 is 12.6. The first kappa shape index (κ1) is 28.2. The summed E-state index contributed by atoms with van der Waals surface area (Å²) in [5, 5.41) is 1.85. The summed E-state index contributed by atoms with van der Waals surface area (Å²) in [5.74, 6) is -0.279. The second kappa shape index (κ2) is 12.6. The van der Waals surface area contributed by atoms with Crippen LogP contribution < -0.4 is 0 Å². The first-order valence-corrected chi connectivity index (χ1v) is 15.3. The topological polar surface area (TPSA) is 48.0 Å². The summed E-state index contributed by atoms with van der Waals surface area (Å²) >= 11 is 0. The number of rotatable bonds is 12. The third kappa shape index (κ3) is 7.01. The van der Waals surface area contributed by atoms with Crippen molar-refractivity contribution >= 4 is 14.3 Å². The van der Waals surface area contributed by atoms with E-state index in [1.54, 1.807) is 0 Å². The Hall–Kier alpha value is -1.99. The van der Waals surface area contributed by atoms with Gasteiger partial charge in [0.05, 0.1) is 25.4 Å². The average molecular weight is 486 g/mol. The van der Waals surface area contributed by atoms with E-state index in [0.29, 0.717) is 19.6 Å². The van der Waals surface area contributed by atoms with Gasteiger partial charge in [-0.25, -0.2) is 0 Å². The second-order valence-electron chi connectivity index (χ2n) is 10.0. The zero-order chi connectivity index (χ0) is 25.4. The summed E-state index contributed by atoms with van der Waals surface area (Å²) in [6.07, 6.45) is 0.226. The van der Waals surface area contributed by atoms with Gasteiger partial charge in [0.2, 0.25) is 0 Å². The minimum absolute atomic E-state index is 0.0169. The van der Waals surface area contributed by atoms with E-state index in [1.165, 1.54) is 0 Å². The molecule has 0 saturated carbocycles. The van der Waals surface area contributed by atoms with E-state index < -0.39 is 14.4 Å². The van der Waals surface area contributed by atoms with Crippen LogP contribution >= 0.6 is 0 Å². The van der Waals surface area contributed by atoms with Crippen LogP contribution in [0.1, 0.15) is 71.2 Å². The molecule has 0 aliphatic rings. The Balaban J connectivity index is 2.73. The van der Waals surface area contributed by atoms with Gasteiger partial charge in [-0.2, -0.15) is 5.06 Å². The fourth-order valence-corrected chi connectivity index (χ4v) is 5.01. The van der Waals surface area contributed by atoms with Gasteiger partial charge >= 0.3 is 5.97 Å². The Morgan fingerprint density at radius 2 is 1.41 bits per heavy atom. The van der Waals surface area contributed by atoms with Crippen molar-refractivity contribution in [2.75, 3.05) is 13.2 Å². The van der Waals surface area contributed by atoms with Crippen LogP contribution in [-0.2, 0) is 18.8 Å². The summed E-state index contributed by atoms with van der Waals surface area (Å²) in [4.78, 5) is 19.3. The molecular formula is C28H43NO4Si. The number of nitrogens with zero attached hydrogens (tertiary/aromatic N) is 1. The van der Waals surface area contributed by atoms with Crippen LogP contribution in [0.4, 0.5) is 0 Å². The Morgan fingerprint density at radius 3 is 1.85 bits per heavy atom. The van der Waals surface area contributed by atoms with Gasteiger partial charge in [0.1, 0.15) is 6.04 Å². The highest BCUT2D eigenvalue weighted by atomic mass is 28.4. The molecule has 0 heterocycles. The van der Waals surface area contributed by atoms with E-state index in [-0.39, 0.29) is 23.2 Å². The lowest BCUT2D eigenvalue weighted by Gasteiger charge is -2.45. The van der Waals surface area contributed by atoms with Crippen molar-refractivity contribution in [3.8, 4) is 0 Å². The molecule has 0 unspecified atom stereocenters. The van der Waals surface area contributed by atoms with Crippen molar-refractivity contribution in [1.82, 2.24) is 5.06 Å². The standard InChI is InChI=1S/C28H43NO4Si/c1-9-24(27(30)31-10-2)29(32-11-3)25(22-18-14-12-15-19-22)26(23-20-16-13-17-21-23)33-34(7,8)28(4,5)6/h12-21,24-26H,9-11H2,1-8H3/t24-,25-,26+/m1/s1. The maximum atomic E-state index is 13.1. The maximum absolute atomic E-state index is 13.1. The number of benzene rings is 2. The van der Waals surface area contributed by atoms with Gasteiger partial charge in [-0.3, -0.25) is 9.63 Å². The number of hydrogen-bond donors (Lipinski definition) is 0. The average Bonchev–Trinajstić information content (AvgIpc) is 2.80. The molecule has 0 N–H and O–H groups in total. The van der Waals surface area contributed by atoms with Crippen molar-refractivity contribution in [3.63, 3.8) is 0 Å². The van der Waals surface area contributed by atoms with Gasteiger partial charge in [-0.15, -0.1) is 0 Å². The second-order valence-corrected chi connectivity index (χ2v) is 14.8. The van der Waals surface area contributed by atoms with E-state index in [4.69, 9.17) is 14.0 Å². The molecule has 0 amide bonds. The SMILES string of the molecule is CCOC(=O)[C@@H](CC)N(OCC)[C@H](c1ccccc1)[C@@H](O[Si](C)(C)C(C)(C)C)c1ccccc1. The zero-order valence-electron chi connectivity index (χ0n) is 22.2. The molecule has 0 saturated heterocycles. The van der Waals surface area contributed by atoms with Crippen LogP contribution in [0.15, 0.2) is 60.7 Å². The van der Waals surface area contributed by atoms with Gasteiger partial charge < -0.3 is 9.16 Å². The molecule has 34 heavy (non-hydrogen) atoms. The first-order valence-electron chi connectivity index (χ1n) is 12.4. The fraction of sp³-hybridized carbons (Fsp3) is 0.536. The van der Waals surface area contributed by atoms with E-state index in [0.717, 1.165) is 11.1 Å². The molecule has 2 rings (SSSR count). The van der Waals surface area contributed by atoms with E-state index in [1.807, 2.05) is 62.2 Å². The first-order chi connectivity index (χ1) is 16.1. The lowest BCUT2D eigenvalue weighted by molar-refractivity contribution is -0.235. The van der Waals surface area contributed by atoms with Gasteiger partial charge in [0.15, 0.2) is 8.32 Å². The molecule has 0 bridgehead atoms. The molecule has 0 aliphatic carbocycles. The number of ether oxygens (including phenoxy) is 1. The fourth-order valence-electron chi connectivity index (χ4n) is 3.76. The van der Waals surface area contributed by atoms with Crippen molar-refractivity contribution in [2.45, 2.75) is 84.3 Å². The van der Waals surface area contributed by atoms with Crippen molar-refractivity contribution in [1.29, 1.82) is 0 Å². The highest BCUT2D eigenvalue weighted by molar-refractivity contribution is 6.74. The van der Waals surface area contributed by atoms with Gasteiger partial charge in [-0.1, -0.05) is 88.4 Å². The Kier molecular flexibility index (Phi) is 10.5. The number of hydroxylamine groups is 2. The molecule has 0 aromatic heterocycles. The normalized spacial score (nSPS) is 15.1. The lowest BCUT2D eigenvalue weighted by atomic mass is 9.94. The molecule has 0 fully saturated rings. The number of esters is 1. The molecule has 2 aromatic rings. The molecule has 0 aliphatic heterocycles. The van der Waals surface area contributed by atoms with E-state index in [9.17, 15) is 4.79 Å². The third-order valence-corrected chi connectivity index (χ3v) is 11.0. The number of carbonyl (C=O) groups excluding carboxylic acids is 1. The highest BCUT2D eigenvalue weighted by Crippen LogP contribution is 2.45. The van der Waals surface area contributed by atoms with E-state index in [2.05, 4.69) is 58.1 Å². The lowest BCUT2D eigenvalue weighted by Crippen LogP contribution is -2.49. The summed E-state index contributed by atoms with van der Waals surface area (Å²) in [5.41, 5.74) is 2.09. The molecule has 5 nitrogen and oxygen atoms in total. The predicted octanol–water partition coefficient (Wildman–Crippen LogP) is 7.09. The van der Waals surface area contributed by atoms with Gasteiger partial charge in [-0.05, 0) is 49.5 Å². The van der Waals surface area contributed by atoms with Crippen LogP contribution in [0.2, 0.25) is 18.1 Å². The van der Waals surface area contributed by atoms with Crippen LogP contribution in [-0.4, -0.2) is 38.6 Å². The Labute approximate surface area is 207 Å². The number of hydrogen-bond acceptors (Lipinski definition) is 5. The van der Waals surface area contributed by atoms with Crippen LogP contribution in [0.3, 0.4) is 0 Å². The molecule has 3 atom stereocenters. The van der Waals surface area contributed by atoms with Crippen molar-refractivity contribution < 1.29 is 18.8 Å². The summed E-state index contributed by atoms with van der Waals surface area (Å²) in [6.45, 7) is 17.8. The summed E-state index contributed by atoms with van der Waals surface area (Å²) in [7, 11) is -2.20. The van der Waals surface area contributed by atoms with Crippen LogP contribution in [0.25, 0.3) is 0 Å². The maximum Gasteiger partial charge on any atom is 0.325 e. The Morgan fingerprint density at radius 1 is 0.882 bits per heavy atom. The predicted molar refractivity (Wildman–Crippen MR) is 141 cm³/mol. The highest BCUT2D eigenvalue weighted by Gasteiger charge is 2.45. The molecular weight excluding hydrogens is 442 g/mol. The molecule has 0 radical (unpaired) electrons. The monoisotopic (exact) mass is 485 g/mol. The van der Waals surface area contributed by atoms with E-state index >= 15 is 0 Å². The largest absolute Gasteiger partial charge is 0.465 e. The van der Waals surface area contributed by atoms with Gasteiger partial charge in [0, 0.05) is 0 Å². The van der Waals surface area contributed by atoms with Crippen LogP contribution in [0, 0.1) is 0 Å². The smallest absolute Gasteiger partial charge is 0.325 e. The van der Waals surface area contributed by atoms with Gasteiger partial charge in [0.25, 0.3) is 0 Å². The minimum Gasteiger partial charge on any atom is -0.465 e. The zero-order valence-corrected chi connectivity index (χ0v) is 23.2.